The van der Waals surface area contributed by atoms with Gasteiger partial charge in [-0.25, -0.2) is 0 Å². The minimum atomic E-state index is -0.725. The highest BCUT2D eigenvalue weighted by molar-refractivity contribution is 6.46. The van der Waals surface area contributed by atoms with Crippen LogP contribution in [0.5, 0.6) is 11.5 Å². The lowest BCUT2D eigenvalue weighted by molar-refractivity contribution is -0.140. The molecule has 1 saturated heterocycles. The number of unbranched alkanes of at least 4 members (excludes halogenated alkanes) is 1. The average Bonchev–Trinajstić information content (AvgIpc) is 3.07. The van der Waals surface area contributed by atoms with E-state index in [1.54, 1.807) is 31.4 Å². The van der Waals surface area contributed by atoms with Gasteiger partial charge >= 0.3 is 0 Å². The Morgan fingerprint density at radius 2 is 1.62 bits per heavy atom. The Bertz CT molecular complexity index is 965. The summed E-state index contributed by atoms with van der Waals surface area (Å²) in [6.07, 6.45) is 2.00. The van der Waals surface area contributed by atoms with Gasteiger partial charge < -0.3 is 24.2 Å². The second-order valence-corrected chi connectivity index (χ2v) is 7.48. The van der Waals surface area contributed by atoms with Crippen molar-refractivity contribution in [1.29, 1.82) is 0 Å². The third-order valence-corrected chi connectivity index (χ3v) is 5.40. The van der Waals surface area contributed by atoms with Crippen LogP contribution in [0, 0.1) is 0 Å². The molecule has 1 heterocycles. The summed E-state index contributed by atoms with van der Waals surface area (Å²) in [5.41, 5.74) is 1.19. The number of rotatable bonds is 10. The zero-order chi connectivity index (χ0) is 23.1. The predicted octanol–water partition coefficient (Wildman–Crippen LogP) is 3.94. The molecular weight excluding hydrogens is 410 g/mol. The summed E-state index contributed by atoms with van der Waals surface area (Å²) in [6, 6.07) is 13.2. The van der Waals surface area contributed by atoms with Crippen LogP contribution in [-0.2, 0) is 14.3 Å². The second-order valence-electron chi connectivity index (χ2n) is 7.48. The molecule has 0 radical (unpaired) electrons. The fourth-order valence-electron chi connectivity index (χ4n) is 3.63. The van der Waals surface area contributed by atoms with Crippen LogP contribution in [0.3, 0.4) is 0 Å². The Balaban J connectivity index is 2.01. The van der Waals surface area contributed by atoms with Crippen molar-refractivity contribution >= 4 is 17.4 Å². The van der Waals surface area contributed by atoms with Crippen molar-refractivity contribution in [3.63, 3.8) is 0 Å². The van der Waals surface area contributed by atoms with Crippen molar-refractivity contribution in [2.24, 2.45) is 0 Å². The van der Waals surface area contributed by atoms with Crippen molar-refractivity contribution in [3.8, 4) is 11.5 Å². The first-order valence-electron chi connectivity index (χ1n) is 10.7. The fraction of sp³-hybridized carbons (Fsp3) is 0.360. The molecule has 32 heavy (non-hydrogen) atoms. The number of hydrogen-bond acceptors (Lipinski definition) is 6. The van der Waals surface area contributed by atoms with Crippen LogP contribution in [-0.4, -0.2) is 55.7 Å². The fourth-order valence-corrected chi connectivity index (χ4v) is 3.63. The number of ether oxygens (including phenoxy) is 3. The van der Waals surface area contributed by atoms with Crippen LogP contribution in [0.2, 0.25) is 0 Å². The van der Waals surface area contributed by atoms with E-state index >= 15 is 0 Å². The van der Waals surface area contributed by atoms with Gasteiger partial charge in [0.05, 0.1) is 31.9 Å². The number of benzene rings is 2. The number of carbonyl (C=O) groups is 2. The van der Waals surface area contributed by atoms with E-state index in [4.69, 9.17) is 14.2 Å². The van der Waals surface area contributed by atoms with Crippen molar-refractivity contribution in [1.82, 2.24) is 4.90 Å². The Hall–Kier alpha value is -3.32. The first-order chi connectivity index (χ1) is 15.5. The molecule has 0 saturated carbocycles. The van der Waals surface area contributed by atoms with E-state index < -0.39 is 17.7 Å². The van der Waals surface area contributed by atoms with Gasteiger partial charge in [-0.1, -0.05) is 25.5 Å². The quantitative estimate of drug-likeness (QED) is 0.261. The molecule has 1 unspecified atom stereocenters. The van der Waals surface area contributed by atoms with E-state index in [2.05, 4.69) is 6.92 Å². The number of nitrogens with zero attached hydrogens (tertiary/aromatic N) is 1. The monoisotopic (exact) mass is 439 g/mol. The van der Waals surface area contributed by atoms with Crippen LogP contribution >= 0.6 is 0 Å². The molecular formula is C25H29NO6. The van der Waals surface area contributed by atoms with Crippen LogP contribution in [0.1, 0.15) is 36.9 Å². The number of carbonyl (C=O) groups excluding carboxylic acids is 2. The van der Waals surface area contributed by atoms with Gasteiger partial charge in [0.25, 0.3) is 11.7 Å². The molecule has 170 valence electrons. The topological polar surface area (TPSA) is 85.3 Å². The van der Waals surface area contributed by atoms with E-state index in [1.165, 1.54) is 12.0 Å². The van der Waals surface area contributed by atoms with E-state index in [9.17, 15) is 14.7 Å². The van der Waals surface area contributed by atoms with E-state index in [-0.39, 0.29) is 24.5 Å². The molecule has 7 heteroatoms. The maximum absolute atomic E-state index is 12.9. The molecule has 0 spiro atoms. The Kier molecular flexibility index (Phi) is 7.89. The lowest BCUT2D eigenvalue weighted by Crippen LogP contribution is -2.32. The van der Waals surface area contributed by atoms with Crippen molar-refractivity contribution < 1.29 is 28.9 Å². The molecule has 3 rings (SSSR count). The highest BCUT2D eigenvalue weighted by atomic mass is 16.5. The highest BCUT2D eigenvalue weighted by Crippen LogP contribution is 2.39. The molecule has 7 nitrogen and oxygen atoms in total. The van der Waals surface area contributed by atoms with Gasteiger partial charge in [-0.3, -0.25) is 9.59 Å². The Morgan fingerprint density at radius 3 is 2.22 bits per heavy atom. The number of aliphatic hydroxyl groups is 1. The van der Waals surface area contributed by atoms with Gasteiger partial charge in [-0.2, -0.15) is 0 Å². The smallest absolute Gasteiger partial charge is 0.295 e. The summed E-state index contributed by atoms with van der Waals surface area (Å²) in [7, 11) is 3.08. The normalized spacial score (nSPS) is 17.6. The van der Waals surface area contributed by atoms with Crippen LogP contribution in [0.25, 0.3) is 5.76 Å². The molecule has 0 aromatic heterocycles. The maximum atomic E-state index is 12.9. The SMILES string of the molecule is CCCCOc1ccc(C2/C(=C(\O)c3ccc(OC)cc3)C(=O)C(=O)N2CCOC)cc1. The molecule has 1 aliphatic heterocycles. The third-order valence-electron chi connectivity index (χ3n) is 5.40. The van der Waals surface area contributed by atoms with Gasteiger partial charge in [0, 0.05) is 19.2 Å². The molecule has 1 aliphatic rings. The van der Waals surface area contributed by atoms with Gasteiger partial charge in [-0.15, -0.1) is 0 Å². The first-order valence-corrected chi connectivity index (χ1v) is 10.7. The summed E-state index contributed by atoms with van der Waals surface area (Å²) in [4.78, 5) is 27.2. The Morgan fingerprint density at radius 1 is 0.969 bits per heavy atom. The van der Waals surface area contributed by atoms with E-state index in [0.717, 1.165) is 12.8 Å². The van der Waals surface area contributed by atoms with E-state index in [0.29, 0.717) is 29.2 Å². The molecule has 2 aromatic rings. The van der Waals surface area contributed by atoms with E-state index in [1.807, 2.05) is 24.3 Å². The van der Waals surface area contributed by atoms with Gasteiger partial charge in [0.2, 0.25) is 0 Å². The lowest BCUT2D eigenvalue weighted by atomic mass is 9.95. The largest absolute Gasteiger partial charge is 0.507 e. The molecule has 0 aliphatic carbocycles. The number of Topliss-reactive ketones (excluding diaryl/α,β-unsaturated/α-hetero) is 1. The first kappa shape index (κ1) is 23.3. The summed E-state index contributed by atoms with van der Waals surface area (Å²) in [5.74, 6) is -0.268. The van der Waals surface area contributed by atoms with Gasteiger partial charge in [-0.05, 0) is 48.4 Å². The average molecular weight is 440 g/mol. The minimum absolute atomic E-state index is 0.0518. The highest BCUT2D eigenvalue weighted by Gasteiger charge is 2.45. The van der Waals surface area contributed by atoms with Crippen molar-refractivity contribution in [2.45, 2.75) is 25.8 Å². The lowest BCUT2D eigenvalue weighted by Gasteiger charge is -2.25. The summed E-state index contributed by atoms with van der Waals surface area (Å²) in [6.45, 7) is 3.21. The Labute approximate surface area is 188 Å². The number of likely N-dealkylation sites (tertiary alicyclic amines) is 1. The van der Waals surface area contributed by atoms with Gasteiger partial charge in [0.15, 0.2) is 0 Å². The molecule has 1 atom stereocenters. The number of aliphatic hydroxyl groups excluding tert-OH is 1. The second kappa shape index (κ2) is 10.8. The minimum Gasteiger partial charge on any atom is -0.507 e. The standard InChI is InChI=1S/C25H29NO6/c1-4-5-15-32-20-12-6-17(7-13-20)22-21(24(28)25(29)26(22)14-16-30-2)23(27)18-8-10-19(31-3)11-9-18/h6-13,22,27H,4-5,14-16H2,1-3H3/b23-21+. The van der Waals surface area contributed by atoms with Crippen LogP contribution in [0.4, 0.5) is 0 Å². The summed E-state index contributed by atoms with van der Waals surface area (Å²) >= 11 is 0. The van der Waals surface area contributed by atoms with Crippen molar-refractivity contribution in [2.75, 3.05) is 34.0 Å². The van der Waals surface area contributed by atoms with Gasteiger partial charge in [0.1, 0.15) is 17.3 Å². The predicted molar refractivity (Wildman–Crippen MR) is 121 cm³/mol. The number of ketones is 1. The van der Waals surface area contributed by atoms with Crippen LogP contribution in [0.15, 0.2) is 54.1 Å². The zero-order valence-corrected chi connectivity index (χ0v) is 18.7. The molecule has 1 fully saturated rings. The molecule has 0 bridgehead atoms. The van der Waals surface area contributed by atoms with Crippen molar-refractivity contribution in [3.05, 3.63) is 65.2 Å². The zero-order valence-electron chi connectivity index (χ0n) is 18.7. The third kappa shape index (κ3) is 4.94. The maximum Gasteiger partial charge on any atom is 0.295 e. The number of amides is 1. The molecule has 2 aromatic carbocycles. The summed E-state index contributed by atoms with van der Waals surface area (Å²) in [5, 5.41) is 11.0. The molecule has 1 amide bonds. The number of hydrogen-bond donors (Lipinski definition) is 1. The summed E-state index contributed by atoms with van der Waals surface area (Å²) < 4.78 is 16.0. The molecule has 1 N–H and O–H groups in total. The number of methoxy groups -OCH3 is 2. The van der Waals surface area contributed by atoms with Crippen LogP contribution < -0.4 is 9.47 Å².